The second kappa shape index (κ2) is 18.0. The van der Waals surface area contributed by atoms with Crippen LogP contribution in [0.2, 0.25) is 0 Å². The predicted octanol–water partition coefficient (Wildman–Crippen LogP) is -0.667. The Bertz CT molecular complexity index is 783. The molecule has 4 rings (SSSR count). The molecule has 0 aromatic rings. The van der Waals surface area contributed by atoms with E-state index < -0.39 is 18.3 Å². The number of hydrogen-bond donors (Lipinski definition) is 7. The van der Waals surface area contributed by atoms with Crippen LogP contribution >= 0.6 is 0 Å². The van der Waals surface area contributed by atoms with Crippen LogP contribution in [0.15, 0.2) is 0 Å². The maximum Gasteiger partial charge on any atom is 0.144 e. The van der Waals surface area contributed by atoms with E-state index in [0.29, 0.717) is 56.6 Å². The van der Waals surface area contributed by atoms with Crippen molar-refractivity contribution < 1.29 is 50.0 Å². The number of ether oxygens (including phenoxy) is 4. The van der Waals surface area contributed by atoms with Crippen LogP contribution in [0.25, 0.3) is 0 Å². The van der Waals surface area contributed by atoms with E-state index in [-0.39, 0.29) is 49.4 Å². The van der Waals surface area contributed by atoms with Crippen molar-refractivity contribution in [1.29, 1.82) is 0 Å². The van der Waals surface area contributed by atoms with Gasteiger partial charge in [0.2, 0.25) is 0 Å². The molecule has 2 saturated heterocycles. The zero-order chi connectivity index (χ0) is 30.8. The van der Waals surface area contributed by atoms with Crippen LogP contribution in [0, 0.1) is 17.8 Å². The van der Waals surface area contributed by atoms with Crippen LogP contribution in [0.1, 0.15) is 90.4 Å². The largest absolute Gasteiger partial charge is 0.393 e. The van der Waals surface area contributed by atoms with Crippen molar-refractivity contribution in [2.45, 2.75) is 151 Å². The lowest BCUT2D eigenvalue weighted by Crippen LogP contribution is -2.94. The number of quaternary nitrogens is 2. The molecule has 2 saturated carbocycles. The first-order valence-electron chi connectivity index (χ1n) is 17.3. The van der Waals surface area contributed by atoms with E-state index in [1.807, 2.05) is 0 Å². The van der Waals surface area contributed by atoms with Crippen LogP contribution in [-0.4, -0.2) is 115 Å². The van der Waals surface area contributed by atoms with Gasteiger partial charge in [0.25, 0.3) is 0 Å². The van der Waals surface area contributed by atoms with Gasteiger partial charge >= 0.3 is 0 Å². The molecule has 2 aliphatic carbocycles. The number of aliphatic hydroxyl groups excluding tert-OH is 4. The van der Waals surface area contributed by atoms with Crippen LogP contribution in [-0.2, 0) is 18.9 Å². The Morgan fingerprint density at radius 1 is 0.907 bits per heavy atom. The van der Waals surface area contributed by atoms with E-state index in [1.54, 1.807) is 7.11 Å². The highest BCUT2D eigenvalue weighted by Crippen LogP contribution is 2.38. The summed E-state index contributed by atoms with van der Waals surface area (Å²) in [4.78, 5) is 0. The molecule has 0 amide bonds. The number of hydrogen-bond acceptors (Lipinski definition) is 9. The number of methoxy groups -OCH3 is 1. The van der Waals surface area contributed by atoms with E-state index >= 15 is 0 Å². The first kappa shape index (κ1) is 35.4. The second-order valence-corrected chi connectivity index (χ2v) is 14.0. The Balaban J connectivity index is 1.29. The number of rotatable bonds is 15. The van der Waals surface area contributed by atoms with Gasteiger partial charge in [0, 0.05) is 20.0 Å². The quantitative estimate of drug-likeness (QED) is 0.118. The van der Waals surface area contributed by atoms with Gasteiger partial charge < -0.3 is 50.0 Å². The molecule has 0 spiro atoms. The molecule has 4 fully saturated rings. The summed E-state index contributed by atoms with van der Waals surface area (Å²) in [7, 11) is 1.65. The summed E-state index contributed by atoms with van der Waals surface area (Å²) in [5, 5.41) is 45.9. The van der Waals surface area contributed by atoms with Gasteiger partial charge in [0.1, 0.15) is 25.1 Å². The molecule has 0 aromatic heterocycles. The number of likely N-dealkylation sites (N-methyl/N-ethyl adjacent to an activating group) is 1. The molecule has 4 aliphatic rings. The van der Waals surface area contributed by atoms with Gasteiger partial charge in [0.15, 0.2) is 0 Å². The summed E-state index contributed by atoms with van der Waals surface area (Å²) < 4.78 is 24.2. The molecule has 9 unspecified atom stereocenters. The van der Waals surface area contributed by atoms with Crippen molar-refractivity contribution in [2.24, 2.45) is 23.5 Å². The Kier molecular flexibility index (Phi) is 14.9. The molecule has 0 radical (unpaired) electrons. The zero-order valence-corrected chi connectivity index (χ0v) is 26.7. The van der Waals surface area contributed by atoms with E-state index in [0.717, 1.165) is 58.0 Å². The third-order valence-electron chi connectivity index (χ3n) is 10.8. The molecule has 11 nitrogen and oxygen atoms in total. The number of aliphatic hydroxyl groups is 4. The first-order chi connectivity index (χ1) is 20.8. The fourth-order valence-electron chi connectivity index (χ4n) is 8.29. The van der Waals surface area contributed by atoms with Crippen molar-refractivity contribution in [3.63, 3.8) is 0 Å². The third-order valence-corrected chi connectivity index (χ3v) is 10.8. The smallest absolute Gasteiger partial charge is 0.144 e. The van der Waals surface area contributed by atoms with E-state index in [2.05, 4.69) is 17.6 Å². The number of piperidine rings is 1. The standard InChI is InChI=1S/C32H61N3O8/c1-3-34-23(7-4-21-10-11-35-31(33)13-21)18-41-30-15-22(14-29(40-2)32(30)39)27-17-24(37)16-25(43-27)8-5-20-6-9-26(38)28(12-20)42-19-36/h20-32,34-39H,3-19,33H2,1-2H3/p+2/t20?,21?,22?,23-,24+,25+,26?,27-,28?,29?,30?,31?,32?/m1/s1. The lowest BCUT2D eigenvalue weighted by molar-refractivity contribution is -0.700. The Hall–Kier alpha value is -0.440. The highest BCUT2D eigenvalue weighted by atomic mass is 16.6. The molecule has 11 heteroatoms. The Morgan fingerprint density at radius 3 is 2.44 bits per heavy atom. The normalized spacial score (nSPS) is 41.7. The first-order valence-corrected chi connectivity index (χ1v) is 17.3. The minimum absolute atomic E-state index is 0.0286. The van der Waals surface area contributed by atoms with Gasteiger partial charge in [-0.1, -0.05) is 0 Å². The van der Waals surface area contributed by atoms with E-state index in [1.165, 1.54) is 6.42 Å². The molecular weight excluding hydrogens is 554 g/mol. The van der Waals surface area contributed by atoms with Crippen molar-refractivity contribution in [3.05, 3.63) is 0 Å². The van der Waals surface area contributed by atoms with Gasteiger partial charge in [-0.25, -0.2) is 0 Å². The molecule has 43 heavy (non-hydrogen) atoms. The SMILES string of the molecule is CC[NH2+][C@H](CCC1CC[NH2+]C(N)C1)COC1CC([C@H]2C[C@@H](O)C[C@H](CCC3CCC(O)C(OCO)C3)O2)CC(OC)C1O. The van der Waals surface area contributed by atoms with Crippen LogP contribution in [0.5, 0.6) is 0 Å². The van der Waals surface area contributed by atoms with Crippen LogP contribution < -0.4 is 16.4 Å². The average molecular weight is 618 g/mol. The highest BCUT2D eigenvalue weighted by molar-refractivity contribution is 4.94. The topological polar surface area (TPSA) is 177 Å². The van der Waals surface area contributed by atoms with Crippen molar-refractivity contribution in [3.8, 4) is 0 Å². The van der Waals surface area contributed by atoms with Crippen LogP contribution in [0.4, 0.5) is 0 Å². The summed E-state index contributed by atoms with van der Waals surface area (Å²) in [6.45, 7) is 4.50. The molecule has 2 heterocycles. The molecule has 0 bridgehead atoms. The molecule has 0 aromatic carbocycles. The average Bonchev–Trinajstić information content (AvgIpc) is 2.99. The fourth-order valence-corrected chi connectivity index (χ4v) is 8.29. The van der Waals surface area contributed by atoms with Crippen molar-refractivity contribution >= 4 is 0 Å². The van der Waals surface area contributed by atoms with Gasteiger partial charge in [-0.2, -0.15) is 0 Å². The summed E-state index contributed by atoms with van der Waals surface area (Å²) in [6.07, 6.45) is 8.80. The summed E-state index contributed by atoms with van der Waals surface area (Å²) in [5.74, 6) is 1.22. The molecule has 2 aliphatic heterocycles. The Labute approximate surface area is 258 Å². The van der Waals surface area contributed by atoms with Gasteiger partial charge in [0.05, 0.1) is 62.4 Å². The maximum absolute atomic E-state index is 11.1. The lowest BCUT2D eigenvalue weighted by atomic mass is 9.77. The zero-order valence-electron chi connectivity index (χ0n) is 26.7. The van der Waals surface area contributed by atoms with Gasteiger partial charge in [-0.3, -0.25) is 5.73 Å². The third kappa shape index (κ3) is 10.8. The van der Waals surface area contributed by atoms with Crippen molar-refractivity contribution in [1.82, 2.24) is 0 Å². The predicted molar refractivity (Wildman–Crippen MR) is 161 cm³/mol. The molecule has 252 valence electrons. The second-order valence-electron chi connectivity index (χ2n) is 14.0. The van der Waals surface area contributed by atoms with Gasteiger partial charge in [-0.05, 0) is 95.3 Å². The fraction of sp³-hybridized carbons (Fsp3) is 1.00. The monoisotopic (exact) mass is 617 g/mol. The molecule has 10 N–H and O–H groups in total. The highest BCUT2D eigenvalue weighted by Gasteiger charge is 2.44. The summed E-state index contributed by atoms with van der Waals surface area (Å²) in [5.41, 5.74) is 6.18. The van der Waals surface area contributed by atoms with E-state index in [4.69, 9.17) is 29.8 Å². The molecular formula is C32H63N3O8+2. The minimum Gasteiger partial charge on any atom is -0.393 e. The van der Waals surface area contributed by atoms with Crippen molar-refractivity contribution in [2.75, 3.05) is 33.6 Å². The molecule has 13 atom stereocenters. The maximum atomic E-state index is 11.1. The van der Waals surface area contributed by atoms with Crippen LogP contribution in [0.3, 0.4) is 0 Å². The summed E-state index contributed by atoms with van der Waals surface area (Å²) in [6, 6.07) is 0.348. The van der Waals surface area contributed by atoms with E-state index in [9.17, 15) is 15.3 Å². The van der Waals surface area contributed by atoms with Gasteiger partial charge in [-0.15, -0.1) is 0 Å². The minimum atomic E-state index is -0.685. The Morgan fingerprint density at radius 2 is 1.70 bits per heavy atom. The summed E-state index contributed by atoms with van der Waals surface area (Å²) >= 11 is 0. The lowest BCUT2D eigenvalue weighted by Gasteiger charge is -2.44. The number of nitrogens with two attached hydrogens (primary N) is 3.